The van der Waals surface area contributed by atoms with E-state index < -0.39 is 83.8 Å². The minimum absolute atomic E-state index is 0.00540. The molecule has 0 aliphatic carbocycles. The highest BCUT2D eigenvalue weighted by molar-refractivity contribution is 5.98. The van der Waals surface area contributed by atoms with E-state index in [1.165, 1.54) is 49.9 Å². The Bertz CT molecular complexity index is 2120. The van der Waals surface area contributed by atoms with Gasteiger partial charge in [0.05, 0.1) is 11.6 Å². The van der Waals surface area contributed by atoms with Crippen LogP contribution in [0.1, 0.15) is 145 Å². The molecule has 1 aromatic heterocycles. The zero-order chi connectivity index (χ0) is 52.4. The monoisotopic (exact) mass is 977 g/mol. The average Bonchev–Trinajstić information content (AvgIpc) is 3.68. The summed E-state index contributed by atoms with van der Waals surface area (Å²) in [6.45, 7) is 17.2. The summed E-state index contributed by atoms with van der Waals surface area (Å²) in [7, 11) is 5.96. The first-order valence-corrected chi connectivity index (χ1v) is 25.5. The zero-order valence-corrected chi connectivity index (χ0v) is 44.3. The first-order chi connectivity index (χ1) is 33.1. The summed E-state index contributed by atoms with van der Waals surface area (Å²) in [6, 6.07) is 2.50. The number of carbonyl (C=O) groups excluding carboxylic acids is 7. The standard InChI is InChI=1S/C53H84N8O9/c1-14-16-21-35(7)29-41-50(65)58(10)37(9)53(68)70-46(25-20-26-54)49(64)57-42(30-36(8)22-17-15-2)52(67)59(11)44(28-34(5)6)47(62)55-40(27-33(3)4)51(66)60(12)45(48(63)56-41)31-38-32-61(69-13)43-24-19-18-23-39(38)43/h18-19,23-24,32-37,40-42,44-46H,14-17,20-22,25,27-31H2,1-13H3,(H,55,62)(H,56,63)(H,57,64)/t35?,36?,37-,40-,41-,42-,44-,45-,46-/m0/s1. The van der Waals surface area contributed by atoms with Gasteiger partial charge in [-0.1, -0.05) is 112 Å². The van der Waals surface area contributed by atoms with Crippen molar-refractivity contribution < 1.29 is 43.1 Å². The lowest BCUT2D eigenvalue weighted by Crippen LogP contribution is -2.60. The minimum atomic E-state index is -1.50. The number of carbonyl (C=O) groups is 7. The smallest absolute Gasteiger partial charge is 0.329 e. The van der Waals surface area contributed by atoms with Crippen molar-refractivity contribution in [1.82, 2.24) is 35.4 Å². The largest absolute Gasteiger partial charge is 0.451 e. The van der Waals surface area contributed by atoms with Crippen molar-refractivity contribution in [2.45, 2.75) is 188 Å². The number of amides is 6. The molecule has 0 bridgehead atoms. The fraction of sp³-hybridized carbons (Fsp3) is 0.698. The molecule has 0 saturated carbocycles. The van der Waals surface area contributed by atoms with Crippen LogP contribution in [0.2, 0.25) is 0 Å². The van der Waals surface area contributed by atoms with Crippen LogP contribution in [0.3, 0.4) is 0 Å². The number of likely N-dealkylation sites (N-methyl/N-ethyl adjacent to an activating group) is 3. The molecule has 17 heteroatoms. The van der Waals surface area contributed by atoms with Crippen molar-refractivity contribution in [3.63, 3.8) is 0 Å². The summed E-state index contributed by atoms with van der Waals surface area (Å²) in [5.41, 5.74) is 1.42. The van der Waals surface area contributed by atoms with E-state index in [1.54, 1.807) is 10.9 Å². The first kappa shape index (κ1) is 58.7. The van der Waals surface area contributed by atoms with Crippen LogP contribution in [0.25, 0.3) is 10.9 Å². The highest BCUT2D eigenvalue weighted by Gasteiger charge is 2.41. The van der Waals surface area contributed by atoms with E-state index >= 15 is 9.59 Å². The van der Waals surface area contributed by atoms with Gasteiger partial charge in [-0.25, -0.2) is 4.79 Å². The van der Waals surface area contributed by atoms with Gasteiger partial charge in [-0.3, -0.25) is 28.8 Å². The van der Waals surface area contributed by atoms with Gasteiger partial charge >= 0.3 is 5.97 Å². The molecule has 2 unspecified atom stereocenters. The van der Waals surface area contributed by atoms with Gasteiger partial charge in [0.2, 0.25) is 29.5 Å². The third-order valence-corrected chi connectivity index (χ3v) is 13.6. The molecule has 9 atom stereocenters. The molecule has 70 heavy (non-hydrogen) atoms. The fourth-order valence-electron chi connectivity index (χ4n) is 9.19. The molecule has 1 aliphatic rings. The molecule has 0 spiro atoms. The highest BCUT2D eigenvalue weighted by Crippen LogP contribution is 2.26. The number of rotatable bonds is 19. The van der Waals surface area contributed by atoms with Gasteiger partial charge in [-0.15, -0.1) is 0 Å². The van der Waals surface area contributed by atoms with E-state index in [9.17, 15) is 29.2 Å². The molecule has 1 aliphatic heterocycles. The zero-order valence-electron chi connectivity index (χ0n) is 44.3. The summed E-state index contributed by atoms with van der Waals surface area (Å²) < 4.78 is 7.40. The number of nitrogens with one attached hydrogen (secondary N) is 3. The van der Waals surface area contributed by atoms with Gasteiger partial charge in [0.1, 0.15) is 43.4 Å². The Morgan fingerprint density at radius 3 is 1.69 bits per heavy atom. The number of nitrogens with zero attached hydrogens (tertiary/aromatic N) is 5. The first-order valence-electron chi connectivity index (χ1n) is 25.5. The lowest BCUT2D eigenvalue weighted by Gasteiger charge is -2.35. The quantitative estimate of drug-likeness (QED) is 0.141. The molecular weight excluding hydrogens is 893 g/mol. The Kier molecular flexibility index (Phi) is 23.7. The molecule has 1 aromatic carbocycles. The van der Waals surface area contributed by atoms with Crippen LogP contribution in [0, 0.1) is 35.0 Å². The molecular formula is C53H84N8O9. The molecule has 1 fully saturated rings. The number of ether oxygens (including phenoxy) is 1. The maximum Gasteiger partial charge on any atom is 0.329 e. The Hall–Kier alpha value is -5.66. The molecule has 3 N–H and O–H groups in total. The molecule has 2 aromatic rings. The Morgan fingerprint density at radius 2 is 1.17 bits per heavy atom. The summed E-state index contributed by atoms with van der Waals surface area (Å²) in [6.07, 6.45) is 5.86. The summed E-state index contributed by atoms with van der Waals surface area (Å²) in [4.78, 5) is 112. The number of para-hydroxylation sites is 1. The lowest BCUT2D eigenvalue weighted by molar-refractivity contribution is -0.163. The molecule has 6 amide bonds. The van der Waals surface area contributed by atoms with Gasteiger partial charge in [-0.2, -0.15) is 9.99 Å². The SMILES string of the molecule is CCCCC(C)C[C@@H]1NC(=O)[C@H](Cc2cn(OC)c3ccccc23)N(C)C(=O)[C@H](CC(C)C)NC(=O)[C@H](CC(C)C)N(C)C(=O)[C@H](CC(C)CCCC)NC(=O)[C@H](CCC#N)OC(=O)[C@H](C)N(C)C1=O. The topological polar surface area (TPSA) is 212 Å². The molecule has 390 valence electrons. The molecule has 3 rings (SSSR count). The number of hydrogen-bond donors (Lipinski definition) is 3. The van der Waals surface area contributed by atoms with Crippen molar-refractivity contribution in [2.75, 3.05) is 28.3 Å². The summed E-state index contributed by atoms with van der Waals surface area (Å²) in [5, 5.41) is 19.2. The molecule has 2 heterocycles. The van der Waals surface area contributed by atoms with E-state index in [1.807, 2.05) is 71.9 Å². The van der Waals surface area contributed by atoms with Gasteiger partial charge < -0.3 is 40.2 Å². The van der Waals surface area contributed by atoms with E-state index in [-0.39, 0.29) is 68.6 Å². The van der Waals surface area contributed by atoms with E-state index in [4.69, 9.17) is 9.57 Å². The number of benzene rings is 1. The van der Waals surface area contributed by atoms with Crippen molar-refractivity contribution in [3.05, 3.63) is 36.0 Å². The molecule has 1 saturated heterocycles. The van der Waals surface area contributed by atoms with Gasteiger partial charge in [0.25, 0.3) is 5.91 Å². The van der Waals surface area contributed by atoms with Gasteiger partial charge in [0.15, 0.2) is 6.10 Å². The molecule has 17 nitrogen and oxygen atoms in total. The summed E-state index contributed by atoms with van der Waals surface area (Å²) in [5.74, 6) is -4.90. The van der Waals surface area contributed by atoms with Crippen molar-refractivity contribution in [2.24, 2.45) is 23.7 Å². The Morgan fingerprint density at radius 1 is 0.686 bits per heavy atom. The normalized spacial score (nSPS) is 23.9. The third kappa shape index (κ3) is 16.5. The molecule has 0 radical (unpaired) electrons. The second-order valence-electron chi connectivity index (χ2n) is 20.5. The van der Waals surface area contributed by atoms with Crippen molar-refractivity contribution >= 4 is 52.3 Å². The lowest BCUT2D eigenvalue weighted by atomic mass is 9.94. The minimum Gasteiger partial charge on any atom is -0.451 e. The van der Waals surface area contributed by atoms with Crippen molar-refractivity contribution in [1.29, 1.82) is 5.26 Å². The van der Waals surface area contributed by atoms with Gasteiger partial charge in [0, 0.05) is 52.0 Å². The number of unbranched alkanes of at least 4 members (excludes halogenated alkanes) is 2. The number of aromatic nitrogens is 1. The number of cyclic esters (lactones) is 1. The van der Waals surface area contributed by atoms with Crippen LogP contribution in [-0.2, 0) is 44.7 Å². The van der Waals surface area contributed by atoms with Crippen LogP contribution in [0.15, 0.2) is 30.5 Å². The summed E-state index contributed by atoms with van der Waals surface area (Å²) >= 11 is 0. The van der Waals surface area contributed by atoms with E-state index in [0.29, 0.717) is 5.56 Å². The van der Waals surface area contributed by atoms with Crippen molar-refractivity contribution in [3.8, 4) is 6.07 Å². The van der Waals surface area contributed by atoms with Crippen LogP contribution in [-0.4, -0.2) is 131 Å². The predicted molar refractivity (Wildman–Crippen MR) is 270 cm³/mol. The van der Waals surface area contributed by atoms with E-state index in [0.717, 1.165) is 49.4 Å². The maximum absolute atomic E-state index is 15.1. The van der Waals surface area contributed by atoms with Crippen LogP contribution in [0.5, 0.6) is 0 Å². The van der Waals surface area contributed by atoms with Crippen LogP contribution < -0.4 is 20.8 Å². The fourth-order valence-corrected chi connectivity index (χ4v) is 9.19. The predicted octanol–water partition coefficient (Wildman–Crippen LogP) is 5.95. The van der Waals surface area contributed by atoms with Gasteiger partial charge in [-0.05, 0) is 67.9 Å². The Labute approximate surface area is 417 Å². The van der Waals surface area contributed by atoms with Crippen LogP contribution >= 0.6 is 0 Å². The number of esters is 1. The number of fused-ring (bicyclic) bond motifs is 1. The highest BCUT2D eigenvalue weighted by atomic mass is 16.6. The number of hydrogen-bond acceptors (Lipinski definition) is 10. The van der Waals surface area contributed by atoms with Crippen LogP contribution in [0.4, 0.5) is 0 Å². The second-order valence-corrected chi connectivity index (χ2v) is 20.5. The average molecular weight is 977 g/mol. The second kappa shape index (κ2) is 28.3. The van der Waals surface area contributed by atoms with E-state index in [2.05, 4.69) is 29.8 Å². The maximum atomic E-state index is 15.1. The third-order valence-electron chi connectivity index (χ3n) is 13.6. The Balaban J connectivity index is 2.33. The number of nitriles is 1.